The molecule has 0 unspecified atom stereocenters. The van der Waals surface area contributed by atoms with Gasteiger partial charge in [-0.1, -0.05) is 20.8 Å². The number of methoxy groups -OCH3 is 3. The van der Waals surface area contributed by atoms with Crippen LogP contribution < -0.4 is 34.5 Å². The number of nitrogens with zero attached hydrogens (tertiary/aromatic N) is 1. The van der Waals surface area contributed by atoms with Crippen LogP contribution in [0.15, 0.2) is 59.5 Å². The molecule has 4 amide bonds. The molecule has 1 saturated heterocycles. The molecule has 0 atom stereocenters. The van der Waals surface area contributed by atoms with Crippen LogP contribution in [0.3, 0.4) is 0 Å². The molecule has 0 bridgehead atoms. The molecular formula is C30H34N4O8S. The Kier molecular flexibility index (Phi) is 8.85. The van der Waals surface area contributed by atoms with Crippen molar-refractivity contribution in [3.63, 3.8) is 0 Å². The first-order chi connectivity index (χ1) is 20.3. The number of hydrogen-bond donors (Lipinski definition) is 3. The van der Waals surface area contributed by atoms with Crippen molar-refractivity contribution < 1.29 is 37.0 Å². The van der Waals surface area contributed by atoms with Crippen LogP contribution in [0.4, 0.5) is 21.9 Å². The topological polar surface area (TPSA) is 152 Å². The van der Waals surface area contributed by atoms with Crippen LogP contribution in [0.2, 0.25) is 0 Å². The van der Waals surface area contributed by atoms with E-state index in [1.807, 2.05) is 20.8 Å². The molecule has 0 spiro atoms. The first-order valence-corrected chi connectivity index (χ1v) is 14.8. The summed E-state index contributed by atoms with van der Waals surface area (Å²) in [6.45, 7) is 6.03. The molecule has 0 aromatic heterocycles. The lowest BCUT2D eigenvalue weighted by molar-refractivity contribution is -0.120. The molecule has 1 aliphatic heterocycles. The second kappa shape index (κ2) is 12.2. The summed E-state index contributed by atoms with van der Waals surface area (Å²) in [6, 6.07) is 13.3. The number of amides is 4. The average Bonchev–Trinajstić information content (AvgIpc) is 2.96. The molecule has 43 heavy (non-hydrogen) atoms. The minimum atomic E-state index is -4.04. The van der Waals surface area contributed by atoms with Crippen molar-refractivity contribution in [1.29, 1.82) is 0 Å². The molecule has 1 heterocycles. The number of hydrogen-bond acceptors (Lipinski definition) is 8. The lowest BCUT2D eigenvalue weighted by atomic mass is 9.84. The molecule has 1 fully saturated rings. The van der Waals surface area contributed by atoms with Crippen LogP contribution in [0.25, 0.3) is 0 Å². The first kappa shape index (κ1) is 31.2. The zero-order valence-corrected chi connectivity index (χ0v) is 25.5. The highest BCUT2D eigenvalue weighted by atomic mass is 32.2. The van der Waals surface area contributed by atoms with E-state index in [0.717, 1.165) is 0 Å². The highest BCUT2D eigenvalue weighted by Crippen LogP contribution is 2.39. The van der Waals surface area contributed by atoms with E-state index in [9.17, 15) is 22.8 Å². The molecule has 3 aromatic rings. The van der Waals surface area contributed by atoms with Gasteiger partial charge < -0.3 is 19.5 Å². The van der Waals surface area contributed by atoms with E-state index in [0.29, 0.717) is 28.4 Å². The summed E-state index contributed by atoms with van der Waals surface area (Å²) in [4.78, 5) is 39.2. The van der Waals surface area contributed by atoms with Gasteiger partial charge in [0.2, 0.25) is 5.91 Å². The predicted molar refractivity (Wildman–Crippen MR) is 162 cm³/mol. The predicted octanol–water partition coefficient (Wildman–Crippen LogP) is 4.51. The third-order valence-electron chi connectivity index (χ3n) is 6.75. The van der Waals surface area contributed by atoms with Gasteiger partial charge in [0.25, 0.3) is 15.9 Å². The van der Waals surface area contributed by atoms with Gasteiger partial charge >= 0.3 is 6.03 Å². The molecule has 3 aromatic carbocycles. The minimum Gasteiger partial charge on any atom is -0.497 e. The number of carbonyl (C=O) groups excluding carboxylic acids is 3. The van der Waals surface area contributed by atoms with Gasteiger partial charge in [0.15, 0.2) is 0 Å². The molecule has 4 rings (SSSR count). The lowest BCUT2D eigenvalue weighted by Gasteiger charge is -2.30. The largest absolute Gasteiger partial charge is 0.497 e. The molecule has 228 valence electrons. The average molecular weight is 611 g/mol. The summed E-state index contributed by atoms with van der Waals surface area (Å²) < 4.78 is 44.7. The van der Waals surface area contributed by atoms with E-state index < -0.39 is 27.4 Å². The van der Waals surface area contributed by atoms with E-state index in [1.165, 1.54) is 50.5 Å². The van der Waals surface area contributed by atoms with Crippen LogP contribution in [0, 0.1) is 0 Å². The number of anilines is 3. The van der Waals surface area contributed by atoms with E-state index in [2.05, 4.69) is 15.4 Å². The maximum Gasteiger partial charge on any atom is 0.328 e. The molecule has 1 aliphatic rings. The Bertz CT molecular complexity index is 1660. The van der Waals surface area contributed by atoms with Crippen LogP contribution in [0.5, 0.6) is 17.2 Å². The Balaban J connectivity index is 1.61. The van der Waals surface area contributed by atoms with Crippen molar-refractivity contribution in [2.75, 3.05) is 42.8 Å². The Morgan fingerprint density at radius 3 is 2.16 bits per heavy atom. The Morgan fingerprint density at radius 2 is 1.58 bits per heavy atom. The van der Waals surface area contributed by atoms with Crippen molar-refractivity contribution in [3.8, 4) is 17.2 Å². The van der Waals surface area contributed by atoms with Gasteiger partial charge in [0.05, 0.1) is 26.9 Å². The van der Waals surface area contributed by atoms with Gasteiger partial charge in [-0.3, -0.25) is 24.5 Å². The molecule has 12 nitrogen and oxygen atoms in total. The van der Waals surface area contributed by atoms with Gasteiger partial charge in [-0.25, -0.2) is 13.2 Å². The molecular weight excluding hydrogens is 576 g/mol. The highest BCUT2D eigenvalue weighted by Gasteiger charge is 2.30. The quantitative estimate of drug-likeness (QED) is 0.320. The highest BCUT2D eigenvalue weighted by molar-refractivity contribution is 7.92. The third kappa shape index (κ3) is 6.83. The second-order valence-electron chi connectivity index (χ2n) is 10.7. The number of imide groups is 1. The number of sulfonamides is 1. The fraction of sp³-hybridized carbons (Fsp3) is 0.300. The maximum absolute atomic E-state index is 13.6. The Morgan fingerprint density at radius 1 is 0.907 bits per heavy atom. The fourth-order valence-corrected chi connectivity index (χ4v) is 5.79. The Labute approximate surface area is 250 Å². The van der Waals surface area contributed by atoms with Crippen LogP contribution in [-0.4, -0.2) is 54.1 Å². The number of benzene rings is 3. The van der Waals surface area contributed by atoms with Crippen molar-refractivity contribution in [1.82, 2.24) is 5.32 Å². The Hall–Kier alpha value is -4.78. The third-order valence-corrected chi connectivity index (χ3v) is 8.15. The molecule has 0 saturated carbocycles. The zero-order chi connectivity index (χ0) is 31.5. The number of urea groups is 1. The van der Waals surface area contributed by atoms with E-state index >= 15 is 0 Å². The summed E-state index contributed by atoms with van der Waals surface area (Å²) in [6.07, 6.45) is 0.130. The van der Waals surface area contributed by atoms with Gasteiger partial charge in [0.1, 0.15) is 22.1 Å². The van der Waals surface area contributed by atoms with Crippen molar-refractivity contribution in [3.05, 3.63) is 65.7 Å². The number of carbonyl (C=O) groups is 3. The molecule has 0 aliphatic carbocycles. The van der Waals surface area contributed by atoms with Crippen molar-refractivity contribution in [2.24, 2.45) is 0 Å². The summed E-state index contributed by atoms with van der Waals surface area (Å²) in [7, 11) is 0.230. The second-order valence-corrected chi connectivity index (χ2v) is 12.4. The molecule has 13 heteroatoms. The van der Waals surface area contributed by atoms with Crippen molar-refractivity contribution in [2.45, 2.75) is 37.5 Å². The molecule has 0 radical (unpaired) electrons. The van der Waals surface area contributed by atoms with Gasteiger partial charge in [-0.05, 0) is 53.9 Å². The minimum absolute atomic E-state index is 0.0971. The number of ether oxygens (including phenoxy) is 3. The number of rotatable bonds is 9. The smallest absolute Gasteiger partial charge is 0.328 e. The monoisotopic (exact) mass is 610 g/mol. The van der Waals surface area contributed by atoms with Gasteiger partial charge in [0, 0.05) is 41.7 Å². The van der Waals surface area contributed by atoms with Gasteiger partial charge in [-0.15, -0.1) is 0 Å². The zero-order valence-electron chi connectivity index (χ0n) is 24.7. The number of nitrogens with one attached hydrogen (secondary N) is 3. The summed E-state index contributed by atoms with van der Waals surface area (Å²) in [5.41, 5.74) is 1.51. The van der Waals surface area contributed by atoms with E-state index in [1.54, 1.807) is 30.3 Å². The van der Waals surface area contributed by atoms with Crippen molar-refractivity contribution >= 4 is 44.9 Å². The summed E-state index contributed by atoms with van der Waals surface area (Å²) in [5, 5.41) is 5.11. The standard InChI is InChI=1S/C30H34N4O8S/c1-30(2,3)23-16-20(34-14-13-26(35)32-29(34)37)15-22(27(23)42-6)28(36)31-18-7-9-19(10-8-18)33-43(38,39)25-17-21(40-4)11-12-24(25)41-5/h7-12,15-17,33H,13-14H2,1-6H3,(H,31,36)(H,32,35,37). The molecule has 3 N–H and O–H groups in total. The maximum atomic E-state index is 13.6. The first-order valence-electron chi connectivity index (χ1n) is 13.3. The van der Waals surface area contributed by atoms with E-state index in [-0.39, 0.29) is 40.8 Å². The van der Waals surface area contributed by atoms with Crippen LogP contribution in [-0.2, 0) is 20.2 Å². The summed E-state index contributed by atoms with van der Waals surface area (Å²) in [5.74, 6) is -0.0254. The SMILES string of the molecule is COc1ccc(OC)c(S(=O)(=O)Nc2ccc(NC(=O)c3cc(N4CCC(=O)NC4=O)cc(C(C)(C)C)c3OC)cc2)c1. The normalized spacial score (nSPS) is 13.7. The van der Waals surface area contributed by atoms with Crippen LogP contribution >= 0.6 is 0 Å². The van der Waals surface area contributed by atoms with Gasteiger partial charge in [-0.2, -0.15) is 0 Å². The lowest BCUT2D eigenvalue weighted by Crippen LogP contribution is -2.49. The van der Waals surface area contributed by atoms with E-state index in [4.69, 9.17) is 14.2 Å². The fourth-order valence-electron chi connectivity index (χ4n) is 4.55. The summed E-state index contributed by atoms with van der Waals surface area (Å²) >= 11 is 0. The van der Waals surface area contributed by atoms with Crippen LogP contribution in [0.1, 0.15) is 43.1 Å².